The largest absolute Gasteiger partial charge is 0.380 e. The molecule has 0 aliphatic heterocycles. The number of hydrogen-bond donors (Lipinski definition) is 1. The molecule has 1 aromatic rings. The Morgan fingerprint density at radius 1 is 1.29 bits per heavy atom. The van der Waals surface area contributed by atoms with Crippen LogP contribution in [0, 0.1) is 12.8 Å². The highest BCUT2D eigenvalue weighted by atomic mass is 16.5. The lowest BCUT2D eigenvalue weighted by Crippen LogP contribution is -2.24. The topological polar surface area (TPSA) is 39.1 Å². The number of imidazole rings is 1. The minimum absolute atomic E-state index is 0.598. The fourth-order valence-corrected chi connectivity index (χ4v) is 2.85. The maximum atomic E-state index is 5.73. The summed E-state index contributed by atoms with van der Waals surface area (Å²) in [7, 11) is 0. The highest BCUT2D eigenvalue weighted by Crippen LogP contribution is 2.21. The molecule has 1 heterocycles. The standard InChI is InChI=1S/C17H31N3O/c1-14(2)9-11-21-12-10-20-13-15(3)18-17(20)19-16-7-5-4-6-8-16/h13-14,16H,4-12H2,1-3H3,(H,18,19). The lowest BCUT2D eigenvalue weighted by Gasteiger charge is -2.23. The second-order valence-corrected chi connectivity index (χ2v) is 6.67. The molecule has 1 aliphatic carbocycles. The van der Waals surface area contributed by atoms with Crippen molar-refractivity contribution in [2.24, 2.45) is 5.92 Å². The molecule has 4 nitrogen and oxygen atoms in total. The minimum Gasteiger partial charge on any atom is -0.380 e. The molecule has 0 spiro atoms. The van der Waals surface area contributed by atoms with Crippen LogP contribution in [0.25, 0.3) is 0 Å². The van der Waals surface area contributed by atoms with Crippen molar-refractivity contribution >= 4 is 5.95 Å². The average Bonchev–Trinajstić information content (AvgIpc) is 2.79. The third-order valence-electron chi connectivity index (χ3n) is 4.15. The zero-order valence-corrected chi connectivity index (χ0v) is 13.9. The van der Waals surface area contributed by atoms with E-state index in [0.29, 0.717) is 12.0 Å². The zero-order valence-electron chi connectivity index (χ0n) is 13.9. The molecule has 0 atom stereocenters. The monoisotopic (exact) mass is 293 g/mol. The van der Waals surface area contributed by atoms with Gasteiger partial charge in [0.05, 0.1) is 12.3 Å². The van der Waals surface area contributed by atoms with Crippen molar-refractivity contribution in [3.05, 3.63) is 11.9 Å². The van der Waals surface area contributed by atoms with Gasteiger partial charge in [-0.05, 0) is 32.1 Å². The van der Waals surface area contributed by atoms with Gasteiger partial charge in [-0.1, -0.05) is 33.1 Å². The Morgan fingerprint density at radius 3 is 2.76 bits per heavy atom. The average molecular weight is 293 g/mol. The van der Waals surface area contributed by atoms with Gasteiger partial charge in [0.2, 0.25) is 5.95 Å². The Labute approximate surface area is 129 Å². The van der Waals surface area contributed by atoms with Crippen LogP contribution in [0.2, 0.25) is 0 Å². The second-order valence-electron chi connectivity index (χ2n) is 6.67. The van der Waals surface area contributed by atoms with Crippen LogP contribution in [0.1, 0.15) is 58.1 Å². The molecule has 2 rings (SSSR count). The smallest absolute Gasteiger partial charge is 0.203 e. The third kappa shape index (κ3) is 5.70. The summed E-state index contributed by atoms with van der Waals surface area (Å²) in [4.78, 5) is 4.63. The highest BCUT2D eigenvalue weighted by Gasteiger charge is 2.15. The summed E-state index contributed by atoms with van der Waals surface area (Å²) in [6, 6.07) is 0.598. The van der Waals surface area contributed by atoms with E-state index in [4.69, 9.17) is 4.74 Å². The normalized spacial score (nSPS) is 16.6. The molecular weight excluding hydrogens is 262 g/mol. The van der Waals surface area contributed by atoms with Gasteiger partial charge in [0.25, 0.3) is 0 Å². The Hall–Kier alpha value is -1.03. The maximum absolute atomic E-state index is 5.73. The lowest BCUT2D eigenvalue weighted by molar-refractivity contribution is 0.116. The summed E-state index contributed by atoms with van der Waals surface area (Å²) in [5.41, 5.74) is 1.08. The number of ether oxygens (including phenoxy) is 1. The van der Waals surface area contributed by atoms with E-state index in [0.717, 1.165) is 37.8 Å². The molecule has 4 heteroatoms. The molecule has 0 aromatic carbocycles. The van der Waals surface area contributed by atoms with Crippen molar-refractivity contribution in [3.63, 3.8) is 0 Å². The van der Waals surface area contributed by atoms with Crippen LogP contribution >= 0.6 is 0 Å². The van der Waals surface area contributed by atoms with Crippen LogP contribution in [0.3, 0.4) is 0 Å². The summed E-state index contributed by atoms with van der Waals surface area (Å²) in [5.74, 6) is 1.73. The summed E-state index contributed by atoms with van der Waals surface area (Å²) in [6.45, 7) is 9.03. The van der Waals surface area contributed by atoms with Gasteiger partial charge in [-0.3, -0.25) is 0 Å². The molecule has 0 amide bonds. The van der Waals surface area contributed by atoms with Gasteiger partial charge in [-0.2, -0.15) is 0 Å². The number of aryl methyl sites for hydroxylation is 1. The Bertz CT molecular complexity index is 408. The third-order valence-corrected chi connectivity index (χ3v) is 4.15. The Balaban J connectivity index is 1.79. The van der Waals surface area contributed by atoms with E-state index in [9.17, 15) is 0 Å². The fraction of sp³-hybridized carbons (Fsp3) is 0.824. The van der Waals surface area contributed by atoms with E-state index in [1.165, 1.54) is 32.1 Å². The molecule has 1 saturated carbocycles. The van der Waals surface area contributed by atoms with Gasteiger partial charge in [0.1, 0.15) is 0 Å². The molecule has 1 aromatic heterocycles. The number of nitrogens with zero attached hydrogens (tertiary/aromatic N) is 2. The molecule has 0 bridgehead atoms. The van der Waals surface area contributed by atoms with Crippen LogP contribution in [0.15, 0.2) is 6.20 Å². The van der Waals surface area contributed by atoms with Crippen LogP contribution < -0.4 is 5.32 Å². The van der Waals surface area contributed by atoms with Crippen molar-refractivity contribution in [2.45, 2.75) is 71.9 Å². The predicted octanol–water partition coefficient (Wildman–Crippen LogP) is 4.00. The summed E-state index contributed by atoms with van der Waals surface area (Å²) >= 11 is 0. The fourth-order valence-electron chi connectivity index (χ4n) is 2.85. The summed E-state index contributed by atoms with van der Waals surface area (Å²) in [5, 5.41) is 3.63. The van der Waals surface area contributed by atoms with E-state index < -0.39 is 0 Å². The van der Waals surface area contributed by atoms with E-state index in [-0.39, 0.29) is 0 Å². The van der Waals surface area contributed by atoms with Crippen molar-refractivity contribution in [2.75, 3.05) is 18.5 Å². The minimum atomic E-state index is 0.598. The first-order valence-electron chi connectivity index (χ1n) is 8.53. The lowest BCUT2D eigenvalue weighted by atomic mass is 9.96. The first-order valence-corrected chi connectivity index (χ1v) is 8.53. The maximum Gasteiger partial charge on any atom is 0.203 e. The first-order chi connectivity index (χ1) is 10.1. The van der Waals surface area contributed by atoms with Crippen molar-refractivity contribution in [1.82, 2.24) is 9.55 Å². The number of hydrogen-bond acceptors (Lipinski definition) is 3. The van der Waals surface area contributed by atoms with Crippen LogP contribution in [-0.4, -0.2) is 28.8 Å². The van der Waals surface area contributed by atoms with Gasteiger partial charge in [-0.25, -0.2) is 4.98 Å². The SMILES string of the molecule is Cc1cn(CCOCCC(C)C)c(NC2CCCCC2)n1. The van der Waals surface area contributed by atoms with Gasteiger partial charge < -0.3 is 14.6 Å². The molecule has 120 valence electrons. The van der Waals surface area contributed by atoms with Gasteiger partial charge >= 0.3 is 0 Å². The number of aromatic nitrogens is 2. The Morgan fingerprint density at radius 2 is 2.05 bits per heavy atom. The molecule has 1 aliphatic rings. The van der Waals surface area contributed by atoms with Gasteiger partial charge in [0.15, 0.2) is 0 Å². The van der Waals surface area contributed by atoms with Crippen LogP contribution in [-0.2, 0) is 11.3 Å². The van der Waals surface area contributed by atoms with Crippen molar-refractivity contribution in [1.29, 1.82) is 0 Å². The van der Waals surface area contributed by atoms with E-state index in [1.54, 1.807) is 0 Å². The number of anilines is 1. The molecule has 0 radical (unpaired) electrons. The molecule has 1 N–H and O–H groups in total. The van der Waals surface area contributed by atoms with Gasteiger partial charge in [-0.15, -0.1) is 0 Å². The Kier molecular flexibility index (Phi) is 6.55. The van der Waals surface area contributed by atoms with Crippen molar-refractivity contribution in [3.8, 4) is 0 Å². The summed E-state index contributed by atoms with van der Waals surface area (Å²) < 4.78 is 7.93. The predicted molar refractivity (Wildman–Crippen MR) is 87.7 cm³/mol. The highest BCUT2D eigenvalue weighted by molar-refractivity contribution is 5.30. The van der Waals surface area contributed by atoms with Crippen LogP contribution in [0.5, 0.6) is 0 Å². The second kappa shape index (κ2) is 8.42. The van der Waals surface area contributed by atoms with E-state index >= 15 is 0 Å². The van der Waals surface area contributed by atoms with Gasteiger partial charge in [0, 0.05) is 25.4 Å². The van der Waals surface area contributed by atoms with E-state index in [1.807, 2.05) is 0 Å². The number of rotatable bonds is 8. The molecule has 1 fully saturated rings. The quantitative estimate of drug-likeness (QED) is 0.736. The number of nitrogens with one attached hydrogen (secondary N) is 1. The first kappa shape index (κ1) is 16.3. The summed E-state index contributed by atoms with van der Waals surface area (Å²) in [6.07, 6.45) is 9.88. The molecule has 0 saturated heterocycles. The molecular formula is C17H31N3O. The van der Waals surface area contributed by atoms with E-state index in [2.05, 4.69) is 41.8 Å². The van der Waals surface area contributed by atoms with Crippen molar-refractivity contribution < 1.29 is 4.74 Å². The van der Waals surface area contributed by atoms with Crippen LogP contribution in [0.4, 0.5) is 5.95 Å². The zero-order chi connectivity index (χ0) is 15.1. The molecule has 0 unspecified atom stereocenters. The molecule has 21 heavy (non-hydrogen) atoms.